The van der Waals surface area contributed by atoms with Gasteiger partial charge in [-0.05, 0) is 69.3 Å². The summed E-state index contributed by atoms with van der Waals surface area (Å²) in [5, 5.41) is 9.61. The lowest BCUT2D eigenvalue weighted by Crippen LogP contribution is -2.40. The molecule has 0 unspecified atom stereocenters. The maximum absolute atomic E-state index is 12.6. The lowest BCUT2D eigenvalue weighted by atomic mass is 9.81. The number of allylic oxidation sites excluding steroid dienone is 1. The van der Waals surface area contributed by atoms with Crippen LogP contribution in [0.4, 0.5) is 0 Å². The van der Waals surface area contributed by atoms with Gasteiger partial charge in [-0.3, -0.25) is 9.59 Å². The predicted octanol–water partition coefficient (Wildman–Crippen LogP) is 2.23. The summed E-state index contributed by atoms with van der Waals surface area (Å²) in [4.78, 5) is 25.1. The summed E-state index contributed by atoms with van der Waals surface area (Å²) < 4.78 is 10.4. The molecule has 128 valence electrons. The van der Waals surface area contributed by atoms with Crippen LogP contribution >= 0.6 is 0 Å². The molecule has 23 heavy (non-hydrogen) atoms. The Labute approximate surface area is 137 Å². The van der Waals surface area contributed by atoms with Crippen LogP contribution in [0.15, 0.2) is 11.1 Å². The monoisotopic (exact) mass is 322 g/mol. The highest BCUT2D eigenvalue weighted by atomic mass is 16.6. The first-order chi connectivity index (χ1) is 11.1. The third-order valence-electron chi connectivity index (χ3n) is 5.90. The lowest BCUT2D eigenvalue weighted by Gasteiger charge is -2.26. The van der Waals surface area contributed by atoms with Gasteiger partial charge in [0.25, 0.3) is 0 Å². The molecule has 0 amide bonds. The van der Waals surface area contributed by atoms with E-state index in [1.54, 1.807) is 13.8 Å². The molecule has 2 fully saturated rings. The number of fused-ring (bicyclic) bond motifs is 3. The minimum Gasteiger partial charge on any atom is -0.465 e. The summed E-state index contributed by atoms with van der Waals surface area (Å²) in [5.41, 5.74) is 1.31. The molecule has 5 heteroatoms. The van der Waals surface area contributed by atoms with E-state index < -0.39 is 17.4 Å². The summed E-state index contributed by atoms with van der Waals surface area (Å²) >= 11 is 0. The fourth-order valence-corrected chi connectivity index (χ4v) is 5.06. The summed E-state index contributed by atoms with van der Waals surface area (Å²) in [6, 6.07) is 0. The molecule has 3 aliphatic rings. The molecule has 0 aromatic heterocycles. The van der Waals surface area contributed by atoms with Crippen molar-refractivity contribution in [2.75, 3.05) is 19.8 Å². The number of carbonyl (C=O) groups is 2. The second-order valence-corrected chi connectivity index (χ2v) is 6.99. The second kappa shape index (κ2) is 6.27. The summed E-state index contributed by atoms with van der Waals surface area (Å²) in [5.74, 6) is 0.209. The first-order valence-electron chi connectivity index (χ1n) is 8.74. The van der Waals surface area contributed by atoms with Crippen LogP contribution < -0.4 is 0 Å². The summed E-state index contributed by atoms with van der Waals surface area (Å²) in [6.45, 7) is 4.14. The molecule has 0 heterocycles. The molecule has 0 radical (unpaired) electrons. The van der Waals surface area contributed by atoms with Crippen LogP contribution in [0.2, 0.25) is 0 Å². The fraction of sp³-hybridized carbons (Fsp3) is 0.778. The van der Waals surface area contributed by atoms with Crippen molar-refractivity contribution in [1.82, 2.24) is 0 Å². The zero-order valence-electron chi connectivity index (χ0n) is 14.0. The van der Waals surface area contributed by atoms with Crippen molar-refractivity contribution in [2.45, 2.75) is 46.0 Å². The van der Waals surface area contributed by atoms with E-state index >= 15 is 0 Å². The van der Waals surface area contributed by atoms with Crippen LogP contribution in [0.3, 0.4) is 0 Å². The van der Waals surface area contributed by atoms with Gasteiger partial charge in [-0.25, -0.2) is 0 Å². The average molecular weight is 322 g/mol. The molecule has 3 rings (SSSR count). The van der Waals surface area contributed by atoms with E-state index in [-0.39, 0.29) is 25.7 Å². The van der Waals surface area contributed by atoms with Crippen LogP contribution in [-0.2, 0) is 19.1 Å². The molecular formula is C18H26O5. The molecule has 0 aliphatic heterocycles. The number of carbonyl (C=O) groups excluding carboxylic acids is 2. The molecule has 1 N–H and O–H groups in total. The van der Waals surface area contributed by atoms with Gasteiger partial charge in [-0.1, -0.05) is 5.57 Å². The Bertz CT molecular complexity index is 518. The number of aliphatic hydroxyl groups is 1. The van der Waals surface area contributed by atoms with Crippen LogP contribution in [0.1, 0.15) is 46.0 Å². The Hall–Kier alpha value is -1.36. The van der Waals surface area contributed by atoms with Crippen molar-refractivity contribution in [2.24, 2.45) is 23.2 Å². The smallest absolute Gasteiger partial charge is 0.323 e. The van der Waals surface area contributed by atoms with Crippen molar-refractivity contribution < 1.29 is 24.2 Å². The third kappa shape index (κ3) is 2.49. The molecule has 0 aromatic rings. The van der Waals surface area contributed by atoms with Crippen molar-refractivity contribution in [3.8, 4) is 0 Å². The Balaban J connectivity index is 1.90. The summed E-state index contributed by atoms with van der Waals surface area (Å²) in [7, 11) is 0. The van der Waals surface area contributed by atoms with Crippen LogP contribution in [-0.4, -0.2) is 36.9 Å². The van der Waals surface area contributed by atoms with Gasteiger partial charge in [0.05, 0.1) is 19.8 Å². The van der Waals surface area contributed by atoms with E-state index in [0.717, 1.165) is 24.8 Å². The standard InChI is InChI=1S/C18H26O5/c1-3-22-16(20)18(17(21)23-4-2)8-13-7-11-5-6-12(10-19)15(11)14(13)9-18/h11,13-14,19H,3-10H2,1-2H3/t11-,13+,14-/m0/s1. The molecule has 0 spiro atoms. The van der Waals surface area contributed by atoms with Crippen LogP contribution in [0, 0.1) is 23.2 Å². The Morgan fingerprint density at radius 2 is 1.83 bits per heavy atom. The number of esters is 2. The topological polar surface area (TPSA) is 72.8 Å². The first-order valence-corrected chi connectivity index (χ1v) is 8.74. The van der Waals surface area contributed by atoms with Crippen LogP contribution in [0.25, 0.3) is 0 Å². The molecule has 0 aromatic carbocycles. The van der Waals surface area contributed by atoms with Crippen molar-refractivity contribution in [3.05, 3.63) is 11.1 Å². The van der Waals surface area contributed by atoms with Gasteiger partial charge >= 0.3 is 11.9 Å². The number of hydrogen-bond donors (Lipinski definition) is 1. The Kier molecular flexibility index (Phi) is 4.50. The third-order valence-corrected chi connectivity index (χ3v) is 5.90. The highest BCUT2D eigenvalue weighted by molar-refractivity contribution is 6.00. The Morgan fingerprint density at radius 1 is 1.17 bits per heavy atom. The maximum atomic E-state index is 12.6. The van der Waals surface area contributed by atoms with Crippen LogP contribution in [0.5, 0.6) is 0 Å². The Morgan fingerprint density at radius 3 is 2.39 bits per heavy atom. The number of rotatable bonds is 5. The molecule has 3 atom stereocenters. The summed E-state index contributed by atoms with van der Waals surface area (Å²) in [6.07, 6.45) is 4.07. The maximum Gasteiger partial charge on any atom is 0.323 e. The molecule has 0 saturated heterocycles. The number of ether oxygens (including phenoxy) is 2. The van der Waals surface area contributed by atoms with E-state index in [9.17, 15) is 14.7 Å². The van der Waals surface area contributed by atoms with Gasteiger partial charge in [0.2, 0.25) is 0 Å². The van der Waals surface area contributed by atoms with Gasteiger partial charge in [0.15, 0.2) is 5.41 Å². The van der Waals surface area contributed by atoms with Gasteiger partial charge in [0.1, 0.15) is 0 Å². The molecule has 0 bridgehead atoms. The van der Waals surface area contributed by atoms with Crippen molar-refractivity contribution >= 4 is 11.9 Å². The average Bonchev–Trinajstić information content (AvgIpc) is 3.16. The minimum absolute atomic E-state index is 0.0981. The first kappa shape index (κ1) is 16.5. The highest BCUT2D eigenvalue weighted by Crippen LogP contribution is 2.61. The van der Waals surface area contributed by atoms with E-state index in [2.05, 4.69) is 0 Å². The van der Waals surface area contributed by atoms with Gasteiger partial charge in [-0.15, -0.1) is 0 Å². The minimum atomic E-state index is -1.15. The van der Waals surface area contributed by atoms with E-state index in [0.29, 0.717) is 24.7 Å². The zero-order valence-corrected chi connectivity index (χ0v) is 14.0. The second-order valence-electron chi connectivity index (χ2n) is 6.99. The normalized spacial score (nSPS) is 31.0. The molecule has 3 aliphatic carbocycles. The predicted molar refractivity (Wildman–Crippen MR) is 83.4 cm³/mol. The fourth-order valence-electron chi connectivity index (χ4n) is 5.06. The lowest BCUT2D eigenvalue weighted by molar-refractivity contribution is -0.172. The molecule has 5 nitrogen and oxygen atoms in total. The van der Waals surface area contributed by atoms with E-state index in [1.807, 2.05) is 0 Å². The molecule has 2 saturated carbocycles. The molecular weight excluding hydrogens is 296 g/mol. The SMILES string of the molecule is CCOC(=O)C1(C(=O)OCC)C[C@H]2C[C@@H]3CCC(CO)=C3[C@H]2C1. The number of hydrogen-bond acceptors (Lipinski definition) is 5. The van der Waals surface area contributed by atoms with Gasteiger partial charge in [-0.2, -0.15) is 0 Å². The quantitative estimate of drug-likeness (QED) is 0.477. The number of aliphatic hydroxyl groups excluding tert-OH is 1. The van der Waals surface area contributed by atoms with Gasteiger partial charge < -0.3 is 14.6 Å². The highest BCUT2D eigenvalue weighted by Gasteiger charge is 2.61. The largest absolute Gasteiger partial charge is 0.465 e. The van der Waals surface area contributed by atoms with E-state index in [1.165, 1.54) is 5.57 Å². The van der Waals surface area contributed by atoms with Gasteiger partial charge in [0, 0.05) is 0 Å². The van der Waals surface area contributed by atoms with Crippen molar-refractivity contribution in [3.63, 3.8) is 0 Å². The zero-order chi connectivity index (χ0) is 16.6. The van der Waals surface area contributed by atoms with Crippen molar-refractivity contribution in [1.29, 1.82) is 0 Å². The van der Waals surface area contributed by atoms with E-state index in [4.69, 9.17) is 9.47 Å².